The number of aliphatic hydroxyl groups excluding tert-OH is 1. The maximum Gasteiger partial charge on any atom is 0.0610 e. The van der Waals surface area contributed by atoms with Crippen LogP contribution in [0.3, 0.4) is 0 Å². The van der Waals surface area contributed by atoms with Crippen molar-refractivity contribution in [2.45, 2.75) is 51.6 Å². The molecule has 1 aliphatic heterocycles. The zero-order valence-corrected chi connectivity index (χ0v) is 10.3. The van der Waals surface area contributed by atoms with Gasteiger partial charge in [-0.15, -0.1) is 0 Å². The molecule has 0 spiro atoms. The monoisotopic (exact) mass is 215 g/mol. The molecule has 0 bridgehead atoms. The van der Waals surface area contributed by atoms with Gasteiger partial charge in [0.25, 0.3) is 0 Å². The summed E-state index contributed by atoms with van der Waals surface area (Å²) < 4.78 is 5.38. The zero-order chi connectivity index (χ0) is 11.3. The minimum atomic E-state index is -0.128. The van der Waals surface area contributed by atoms with Crippen LogP contribution in [-0.4, -0.2) is 36.5 Å². The quantitative estimate of drug-likeness (QED) is 0.706. The summed E-state index contributed by atoms with van der Waals surface area (Å²) in [5, 5.41) is 13.0. The van der Waals surface area contributed by atoms with Crippen molar-refractivity contribution in [3.8, 4) is 0 Å². The number of aliphatic hydroxyl groups is 1. The first-order chi connectivity index (χ1) is 7.11. The first-order valence-electron chi connectivity index (χ1n) is 6.07. The molecule has 90 valence electrons. The lowest BCUT2D eigenvalue weighted by Gasteiger charge is -2.34. The van der Waals surface area contributed by atoms with Crippen LogP contribution in [0.15, 0.2) is 0 Å². The third kappa shape index (κ3) is 3.74. The van der Waals surface area contributed by atoms with Crippen LogP contribution in [0.4, 0.5) is 0 Å². The van der Waals surface area contributed by atoms with Gasteiger partial charge in [-0.05, 0) is 32.6 Å². The lowest BCUT2D eigenvalue weighted by Crippen LogP contribution is -2.52. The van der Waals surface area contributed by atoms with Gasteiger partial charge in [0.05, 0.1) is 13.2 Å². The van der Waals surface area contributed by atoms with Crippen LogP contribution in [0.2, 0.25) is 0 Å². The average molecular weight is 215 g/mol. The van der Waals surface area contributed by atoms with Crippen molar-refractivity contribution >= 4 is 0 Å². The summed E-state index contributed by atoms with van der Waals surface area (Å²) in [5.41, 5.74) is -0.128. The second-order valence-electron chi connectivity index (χ2n) is 5.03. The summed E-state index contributed by atoms with van der Waals surface area (Å²) >= 11 is 0. The van der Waals surface area contributed by atoms with E-state index in [1.807, 2.05) is 0 Å². The van der Waals surface area contributed by atoms with E-state index in [0.29, 0.717) is 12.0 Å². The Balaban J connectivity index is 2.42. The normalized spacial score (nSPS) is 27.6. The van der Waals surface area contributed by atoms with Crippen molar-refractivity contribution in [1.29, 1.82) is 0 Å². The van der Waals surface area contributed by atoms with Gasteiger partial charge in [0.15, 0.2) is 0 Å². The van der Waals surface area contributed by atoms with Crippen LogP contribution in [0.25, 0.3) is 0 Å². The lowest BCUT2D eigenvalue weighted by molar-refractivity contribution is 0.132. The highest BCUT2D eigenvalue weighted by atomic mass is 16.5. The van der Waals surface area contributed by atoms with Crippen LogP contribution < -0.4 is 5.32 Å². The molecule has 0 aromatic rings. The fraction of sp³-hybridized carbons (Fsp3) is 1.00. The van der Waals surface area contributed by atoms with E-state index in [0.717, 1.165) is 32.5 Å². The molecule has 0 radical (unpaired) electrons. The van der Waals surface area contributed by atoms with E-state index in [9.17, 15) is 5.11 Å². The molecule has 1 aliphatic rings. The summed E-state index contributed by atoms with van der Waals surface area (Å²) in [7, 11) is 0. The molecular weight excluding hydrogens is 190 g/mol. The number of rotatable bonds is 6. The second-order valence-corrected chi connectivity index (χ2v) is 5.03. The van der Waals surface area contributed by atoms with Gasteiger partial charge in [0, 0.05) is 18.2 Å². The van der Waals surface area contributed by atoms with Gasteiger partial charge in [0.2, 0.25) is 0 Å². The van der Waals surface area contributed by atoms with Gasteiger partial charge in [-0.3, -0.25) is 0 Å². The summed E-state index contributed by atoms with van der Waals surface area (Å²) in [6, 6.07) is 0.427. The Morgan fingerprint density at radius 3 is 2.80 bits per heavy atom. The Morgan fingerprint density at radius 2 is 2.33 bits per heavy atom. The first-order valence-corrected chi connectivity index (χ1v) is 6.07. The third-order valence-corrected chi connectivity index (χ3v) is 3.40. The molecule has 15 heavy (non-hydrogen) atoms. The number of hydrogen-bond donors (Lipinski definition) is 2. The van der Waals surface area contributed by atoms with Crippen molar-refractivity contribution in [2.75, 3.05) is 19.8 Å². The molecule has 0 aliphatic carbocycles. The minimum Gasteiger partial charge on any atom is -0.394 e. The SMILES string of the molecule is CCCC(C)(CO)NC(C)C1CCOC1. The summed E-state index contributed by atoms with van der Waals surface area (Å²) in [4.78, 5) is 0. The highest BCUT2D eigenvalue weighted by Gasteiger charge is 2.29. The highest BCUT2D eigenvalue weighted by Crippen LogP contribution is 2.20. The molecule has 3 atom stereocenters. The topological polar surface area (TPSA) is 41.5 Å². The molecule has 1 rings (SSSR count). The van der Waals surface area contributed by atoms with Gasteiger partial charge in [-0.1, -0.05) is 13.3 Å². The Labute approximate surface area is 93.2 Å². The van der Waals surface area contributed by atoms with Crippen molar-refractivity contribution < 1.29 is 9.84 Å². The minimum absolute atomic E-state index is 0.128. The third-order valence-electron chi connectivity index (χ3n) is 3.40. The van der Waals surface area contributed by atoms with Crippen molar-refractivity contribution in [1.82, 2.24) is 5.32 Å². The maximum absolute atomic E-state index is 9.41. The standard InChI is InChI=1S/C12H25NO2/c1-4-6-12(3,9-14)13-10(2)11-5-7-15-8-11/h10-11,13-14H,4-9H2,1-3H3. The maximum atomic E-state index is 9.41. The fourth-order valence-electron chi connectivity index (χ4n) is 2.36. The molecule has 0 amide bonds. The van der Waals surface area contributed by atoms with E-state index in [-0.39, 0.29) is 12.1 Å². The predicted molar refractivity (Wildman–Crippen MR) is 61.9 cm³/mol. The van der Waals surface area contributed by atoms with Crippen molar-refractivity contribution in [3.63, 3.8) is 0 Å². The van der Waals surface area contributed by atoms with Crippen LogP contribution in [0.5, 0.6) is 0 Å². The van der Waals surface area contributed by atoms with E-state index in [1.54, 1.807) is 0 Å². The van der Waals surface area contributed by atoms with Crippen molar-refractivity contribution in [2.24, 2.45) is 5.92 Å². The second kappa shape index (κ2) is 5.83. The van der Waals surface area contributed by atoms with Gasteiger partial charge < -0.3 is 15.2 Å². The van der Waals surface area contributed by atoms with E-state index < -0.39 is 0 Å². The molecule has 0 saturated carbocycles. The van der Waals surface area contributed by atoms with E-state index in [4.69, 9.17) is 4.74 Å². The van der Waals surface area contributed by atoms with Crippen LogP contribution in [0.1, 0.15) is 40.0 Å². The van der Waals surface area contributed by atoms with Crippen LogP contribution in [-0.2, 0) is 4.74 Å². The summed E-state index contributed by atoms with van der Waals surface area (Å²) in [5.74, 6) is 0.604. The molecule has 1 fully saturated rings. The first kappa shape index (κ1) is 12.9. The highest BCUT2D eigenvalue weighted by molar-refractivity contribution is 4.87. The molecule has 3 heteroatoms. The fourth-order valence-corrected chi connectivity index (χ4v) is 2.36. The summed E-state index contributed by atoms with van der Waals surface area (Å²) in [6.45, 7) is 8.41. The Morgan fingerprint density at radius 1 is 1.60 bits per heavy atom. The molecule has 3 nitrogen and oxygen atoms in total. The van der Waals surface area contributed by atoms with Gasteiger partial charge in [-0.25, -0.2) is 0 Å². The van der Waals surface area contributed by atoms with Gasteiger partial charge in [0.1, 0.15) is 0 Å². The van der Waals surface area contributed by atoms with E-state index in [1.165, 1.54) is 0 Å². The largest absolute Gasteiger partial charge is 0.394 e. The zero-order valence-electron chi connectivity index (χ0n) is 10.3. The Bertz CT molecular complexity index is 180. The Hall–Kier alpha value is -0.120. The molecule has 0 aromatic carbocycles. The van der Waals surface area contributed by atoms with E-state index in [2.05, 4.69) is 26.1 Å². The van der Waals surface area contributed by atoms with Gasteiger partial charge >= 0.3 is 0 Å². The average Bonchev–Trinajstić information content (AvgIpc) is 2.71. The summed E-state index contributed by atoms with van der Waals surface area (Å²) in [6.07, 6.45) is 3.25. The Kier molecular flexibility index (Phi) is 5.03. The predicted octanol–water partition coefficient (Wildman–Crippen LogP) is 1.55. The van der Waals surface area contributed by atoms with Crippen LogP contribution in [0, 0.1) is 5.92 Å². The number of ether oxygens (including phenoxy) is 1. The molecule has 2 N–H and O–H groups in total. The molecule has 1 saturated heterocycles. The van der Waals surface area contributed by atoms with E-state index >= 15 is 0 Å². The molecule has 1 heterocycles. The molecule has 0 aromatic heterocycles. The number of nitrogens with one attached hydrogen (secondary N) is 1. The lowest BCUT2D eigenvalue weighted by atomic mass is 9.92. The molecular formula is C12H25NO2. The smallest absolute Gasteiger partial charge is 0.0610 e. The van der Waals surface area contributed by atoms with Crippen molar-refractivity contribution in [3.05, 3.63) is 0 Å². The van der Waals surface area contributed by atoms with Gasteiger partial charge in [-0.2, -0.15) is 0 Å². The molecule has 3 unspecified atom stereocenters. The van der Waals surface area contributed by atoms with Crippen LogP contribution >= 0.6 is 0 Å². The number of hydrogen-bond acceptors (Lipinski definition) is 3.